The fourth-order valence-electron chi connectivity index (χ4n) is 3.32. The number of ether oxygens (including phenoxy) is 1. The zero-order valence-electron chi connectivity index (χ0n) is 17.1. The summed E-state index contributed by atoms with van der Waals surface area (Å²) in [5, 5.41) is 2.89. The molecule has 1 saturated heterocycles. The summed E-state index contributed by atoms with van der Waals surface area (Å²) in [6.45, 7) is 5.43. The van der Waals surface area contributed by atoms with Crippen molar-refractivity contribution in [3.8, 4) is 0 Å². The third-order valence-corrected chi connectivity index (χ3v) is 6.38. The first-order chi connectivity index (χ1) is 13.7. The van der Waals surface area contributed by atoms with Crippen LogP contribution in [0.1, 0.15) is 39.9 Å². The highest BCUT2D eigenvalue weighted by Crippen LogP contribution is 2.23. The third kappa shape index (κ3) is 5.58. The van der Waals surface area contributed by atoms with Crippen LogP contribution >= 0.6 is 0 Å². The zero-order chi connectivity index (χ0) is 21.0. The van der Waals surface area contributed by atoms with Crippen molar-refractivity contribution in [1.29, 1.82) is 0 Å². The van der Waals surface area contributed by atoms with Crippen molar-refractivity contribution >= 4 is 21.6 Å². The summed E-state index contributed by atoms with van der Waals surface area (Å²) in [6.07, 6.45) is 3.31. The fourth-order valence-corrected chi connectivity index (χ4v) is 4.20. The molecule has 0 unspecified atom stereocenters. The predicted molar refractivity (Wildman–Crippen MR) is 115 cm³/mol. The van der Waals surface area contributed by atoms with Crippen LogP contribution in [0.5, 0.6) is 0 Å². The summed E-state index contributed by atoms with van der Waals surface area (Å²) < 4.78 is 31.6. The maximum atomic E-state index is 12.4. The molecule has 2 aromatic carbocycles. The van der Waals surface area contributed by atoms with E-state index in [2.05, 4.69) is 5.32 Å². The molecule has 0 aliphatic carbocycles. The maximum absolute atomic E-state index is 12.4. The number of anilines is 1. The maximum Gasteiger partial charge on any atom is 0.251 e. The molecular formula is C22H28N2O4S. The number of hydrogen-bond acceptors (Lipinski definition) is 4. The monoisotopic (exact) mass is 416 g/mol. The van der Waals surface area contributed by atoms with Crippen molar-refractivity contribution in [3.05, 3.63) is 64.7 Å². The molecule has 0 radical (unpaired) electrons. The van der Waals surface area contributed by atoms with Crippen LogP contribution in [-0.2, 0) is 21.3 Å². The van der Waals surface area contributed by atoms with Crippen LogP contribution in [0.15, 0.2) is 42.5 Å². The normalized spacial score (nSPS) is 16.6. The van der Waals surface area contributed by atoms with Crippen LogP contribution < -0.4 is 9.62 Å². The molecule has 3 rings (SSSR count). The van der Waals surface area contributed by atoms with Crippen molar-refractivity contribution < 1.29 is 17.9 Å². The van der Waals surface area contributed by atoms with Gasteiger partial charge in [0.15, 0.2) is 0 Å². The van der Waals surface area contributed by atoms with Gasteiger partial charge in [-0.3, -0.25) is 9.10 Å². The first-order valence-corrected chi connectivity index (χ1v) is 11.6. The van der Waals surface area contributed by atoms with Crippen LogP contribution in [0.4, 0.5) is 5.69 Å². The van der Waals surface area contributed by atoms with Gasteiger partial charge in [-0.25, -0.2) is 8.42 Å². The summed E-state index contributed by atoms with van der Waals surface area (Å²) in [5.41, 5.74) is 4.14. The average Bonchev–Trinajstić information content (AvgIpc) is 3.20. The van der Waals surface area contributed by atoms with E-state index in [9.17, 15) is 13.2 Å². The molecule has 1 fully saturated rings. The topological polar surface area (TPSA) is 75.7 Å². The lowest BCUT2D eigenvalue weighted by Gasteiger charge is -2.23. The van der Waals surface area contributed by atoms with Gasteiger partial charge in [-0.1, -0.05) is 18.2 Å². The number of nitrogens with one attached hydrogen (secondary N) is 1. The summed E-state index contributed by atoms with van der Waals surface area (Å²) in [7, 11) is -3.45. The molecule has 1 atom stereocenters. The van der Waals surface area contributed by atoms with Crippen LogP contribution in [-0.4, -0.2) is 39.8 Å². The second kappa shape index (κ2) is 8.97. The minimum Gasteiger partial charge on any atom is -0.376 e. The van der Waals surface area contributed by atoms with E-state index >= 15 is 0 Å². The molecule has 1 amide bonds. The first-order valence-electron chi connectivity index (χ1n) is 9.78. The van der Waals surface area contributed by atoms with Crippen LogP contribution in [0.2, 0.25) is 0 Å². The summed E-state index contributed by atoms with van der Waals surface area (Å²) >= 11 is 0. The number of carbonyl (C=O) groups excluding carboxylic acids is 1. The standard InChI is InChI=1S/C22H28N2O4S/c1-16-6-11-20(13-17(16)2)24(29(3,26)27)15-18-7-9-19(10-8-18)22(25)23-14-21-5-4-12-28-21/h6-11,13,21H,4-5,12,14-15H2,1-3H3,(H,23,25)/t21-/m1/s1. The Kier molecular flexibility index (Phi) is 6.59. The van der Waals surface area contributed by atoms with Crippen LogP contribution in [0.25, 0.3) is 0 Å². The molecule has 0 aromatic heterocycles. The van der Waals surface area contributed by atoms with E-state index < -0.39 is 10.0 Å². The van der Waals surface area contributed by atoms with E-state index in [0.29, 0.717) is 17.8 Å². The van der Waals surface area contributed by atoms with Gasteiger partial charge in [0.05, 0.1) is 24.6 Å². The van der Waals surface area contributed by atoms with Gasteiger partial charge in [0.2, 0.25) is 10.0 Å². The predicted octanol–water partition coefficient (Wildman–Crippen LogP) is 3.18. The zero-order valence-corrected chi connectivity index (χ0v) is 18.0. The highest BCUT2D eigenvalue weighted by Gasteiger charge is 2.19. The Morgan fingerprint density at radius 3 is 2.45 bits per heavy atom. The first kappa shape index (κ1) is 21.3. The number of benzene rings is 2. The Bertz CT molecular complexity index is 965. The lowest BCUT2D eigenvalue weighted by Crippen LogP contribution is -2.31. The Hall–Kier alpha value is -2.38. The highest BCUT2D eigenvalue weighted by atomic mass is 32.2. The molecule has 0 bridgehead atoms. The molecule has 7 heteroatoms. The molecule has 1 aliphatic heterocycles. The molecule has 29 heavy (non-hydrogen) atoms. The van der Waals surface area contributed by atoms with Crippen molar-refractivity contribution in [2.75, 3.05) is 23.7 Å². The Labute approximate surface area is 172 Å². The number of nitrogens with zero attached hydrogens (tertiary/aromatic N) is 1. The largest absolute Gasteiger partial charge is 0.376 e. The van der Waals surface area contributed by atoms with Crippen molar-refractivity contribution in [2.24, 2.45) is 0 Å². The van der Waals surface area contributed by atoms with E-state index in [0.717, 1.165) is 36.1 Å². The number of aryl methyl sites for hydroxylation is 2. The summed E-state index contributed by atoms with van der Waals surface area (Å²) in [6, 6.07) is 12.6. The van der Waals surface area contributed by atoms with Gasteiger partial charge in [0.1, 0.15) is 0 Å². The fraction of sp³-hybridized carbons (Fsp3) is 0.409. The lowest BCUT2D eigenvalue weighted by molar-refractivity contribution is 0.0858. The highest BCUT2D eigenvalue weighted by molar-refractivity contribution is 7.92. The van der Waals surface area contributed by atoms with Gasteiger partial charge in [-0.15, -0.1) is 0 Å². The van der Waals surface area contributed by atoms with Gasteiger partial charge in [0, 0.05) is 18.7 Å². The minimum atomic E-state index is -3.45. The van der Waals surface area contributed by atoms with Gasteiger partial charge >= 0.3 is 0 Å². The minimum absolute atomic E-state index is 0.0968. The van der Waals surface area contributed by atoms with Crippen molar-refractivity contribution in [1.82, 2.24) is 5.32 Å². The number of sulfonamides is 1. The molecule has 1 aliphatic rings. The van der Waals surface area contributed by atoms with E-state index in [1.807, 2.05) is 32.0 Å². The van der Waals surface area contributed by atoms with Gasteiger partial charge in [0.25, 0.3) is 5.91 Å². The van der Waals surface area contributed by atoms with Crippen LogP contribution in [0, 0.1) is 13.8 Å². The SMILES string of the molecule is Cc1ccc(N(Cc2ccc(C(=O)NC[C@H]3CCCO3)cc2)S(C)(=O)=O)cc1C. The molecule has 156 valence electrons. The molecule has 1 heterocycles. The van der Waals surface area contributed by atoms with E-state index in [1.54, 1.807) is 24.3 Å². The van der Waals surface area contributed by atoms with E-state index in [4.69, 9.17) is 4.74 Å². The smallest absolute Gasteiger partial charge is 0.251 e. The number of amides is 1. The van der Waals surface area contributed by atoms with Gasteiger partial charge < -0.3 is 10.1 Å². The Balaban J connectivity index is 1.70. The Morgan fingerprint density at radius 1 is 1.14 bits per heavy atom. The van der Waals surface area contributed by atoms with E-state index in [-0.39, 0.29) is 18.6 Å². The second-order valence-corrected chi connectivity index (χ2v) is 9.49. The summed E-state index contributed by atoms with van der Waals surface area (Å²) in [5.74, 6) is -0.152. The lowest BCUT2D eigenvalue weighted by atomic mass is 10.1. The number of rotatable bonds is 7. The quantitative estimate of drug-likeness (QED) is 0.752. The van der Waals surface area contributed by atoms with Gasteiger partial charge in [-0.2, -0.15) is 0 Å². The number of carbonyl (C=O) groups is 1. The number of hydrogen-bond donors (Lipinski definition) is 1. The molecule has 0 spiro atoms. The second-order valence-electron chi connectivity index (χ2n) is 7.58. The van der Waals surface area contributed by atoms with Crippen molar-refractivity contribution in [2.45, 2.75) is 39.3 Å². The molecule has 6 nitrogen and oxygen atoms in total. The van der Waals surface area contributed by atoms with Gasteiger partial charge in [-0.05, 0) is 67.6 Å². The van der Waals surface area contributed by atoms with Crippen molar-refractivity contribution in [3.63, 3.8) is 0 Å². The molecule has 0 saturated carbocycles. The average molecular weight is 417 g/mol. The van der Waals surface area contributed by atoms with Crippen LogP contribution in [0.3, 0.4) is 0 Å². The molecular weight excluding hydrogens is 388 g/mol. The molecule has 2 aromatic rings. The summed E-state index contributed by atoms with van der Waals surface area (Å²) in [4.78, 5) is 12.3. The Morgan fingerprint density at radius 2 is 1.86 bits per heavy atom. The third-order valence-electron chi connectivity index (χ3n) is 5.24. The molecule has 1 N–H and O–H groups in total. The van der Waals surface area contributed by atoms with E-state index in [1.165, 1.54) is 10.6 Å².